The van der Waals surface area contributed by atoms with Crippen LogP contribution in [0.2, 0.25) is 0 Å². The Morgan fingerprint density at radius 2 is 1.81 bits per heavy atom. The molecule has 140 valence electrons. The second-order valence-electron chi connectivity index (χ2n) is 5.98. The molecule has 0 aliphatic rings. The maximum Gasteiger partial charge on any atom is 0.316 e. The summed E-state index contributed by atoms with van der Waals surface area (Å²) in [7, 11) is 2.83. The summed E-state index contributed by atoms with van der Waals surface area (Å²) >= 11 is 0. The summed E-state index contributed by atoms with van der Waals surface area (Å²) in [5.74, 6) is 0.0740. The molecule has 0 saturated heterocycles. The summed E-state index contributed by atoms with van der Waals surface area (Å²) in [6.07, 6.45) is 1.58. The second kappa shape index (κ2) is 7.90. The first kappa shape index (κ1) is 18.4. The molecular formula is C20H20FN3O3. The maximum atomic E-state index is 14.1. The van der Waals surface area contributed by atoms with Gasteiger partial charge in [-0.2, -0.15) is 4.98 Å². The number of aryl methyl sites for hydroxylation is 1. The van der Waals surface area contributed by atoms with Crippen molar-refractivity contribution in [1.82, 2.24) is 9.55 Å². The third-order valence-electron chi connectivity index (χ3n) is 4.12. The van der Waals surface area contributed by atoms with Crippen molar-refractivity contribution in [2.45, 2.75) is 13.5 Å². The summed E-state index contributed by atoms with van der Waals surface area (Å²) in [5, 5.41) is 3.05. The minimum absolute atomic E-state index is 0.133. The van der Waals surface area contributed by atoms with Crippen LogP contribution in [0.4, 0.5) is 16.0 Å². The number of aromatic nitrogens is 2. The van der Waals surface area contributed by atoms with E-state index in [1.165, 1.54) is 20.3 Å². The van der Waals surface area contributed by atoms with E-state index in [4.69, 9.17) is 9.47 Å². The van der Waals surface area contributed by atoms with Gasteiger partial charge in [0.05, 0.1) is 27.0 Å². The molecule has 3 rings (SSSR count). The Balaban J connectivity index is 2.03. The zero-order chi connectivity index (χ0) is 19.4. The van der Waals surface area contributed by atoms with Crippen LogP contribution in [0.3, 0.4) is 0 Å². The molecule has 1 N–H and O–H groups in total. The smallest absolute Gasteiger partial charge is 0.316 e. The number of rotatable bonds is 6. The molecule has 0 spiro atoms. The van der Waals surface area contributed by atoms with E-state index in [0.29, 0.717) is 12.2 Å². The Bertz CT molecular complexity index is 1000. The molecule has 0 atom stereocenters. The first-order valence-corrected chi connectivity index (χ1v) is 8.32. The minimum atomic E-state index is -0.504. The quantitative estimate of drug-likeness (QED) is 0.720. The minimum Gasteiger partial charge on any atom is -0.494 e. The highest BCUT2D eigenvalue weighted by Crippen LogP contribution is 2.27. The zero-order valence-corrected chi connectivity index (χ0v) is 15.3. The van der Waals surface area contributed by atoms with Crippen molar-refractivity contribution in [2.75, 3.05) is 19.5 Å². The fraction of sp³-hybridized carbons (Fsp3) is 0.200. The van der Waals surface area contributed by atoms with E-state index >= 15 is 0 Å². The average molecular weight is 369 g/mol. The van der Waals surface area contributed by atoms with Crippen LogP contribution >= 0.6 is 0 Å². The lowest BCUT2D eigenvalue weighted by Crippen LogP contribution is -2.19. The number of hydrogen-bond acceptors (Lipinski definition) is 5. The van der Waals surface area contributed by atoms with Gasteiger partial charge in [0.2, 0.25) is 11.7 Å². The van der Waals surface area contributed by atoms with Gasteiger partial charge in [-0.15, -0.1) is 0 Å². The fourth-order valence-electron chi connectivity index (χ4n) is 2.68. The predicted octanol–water partition coefficient (Wildman–Crippen LogP) is 3.50. The van der Waals surface area contributed by atoms with Crippen molar-refractivity contribution in [2.24, 2.45) is 0 Å². The summed E-state index contributed by atoms with van der Waals surface area (Å²) in [6.45, 7) is 2.28. The van der Waals surface area contributed by atoms with Crippen LogP contribution in [-0.4, -0.2) is 23.8 Å². The van der Waals surface area contributed by atoms with Gasteiger partial charge in [0.1, 0.15) is 0 Å². The van der Waals surface area contributed by atoms with Crippen molar-refractivity contribution in [3.8, 4) is 11.5 Å². The van der Waals surface area contributed by atoms with Gasteiger partial charge in [-0.1, -0.05) is 30.3 Å². The summed E-state index contributed by atoms with van der Waals surface area (Å²) in [6, 6.07) is 12.6. The van der Waals surface area contributed by atoms with E-state index in [2.05, 4.69) is 10.3 Å². The Labute approximate surface area is 156 Å². The summed E-state index contributed by atoms with van der Waals surface area (Å²) in [5.41, 5.74) is 1.76. The van der Waals surface area contributed by atoms with E-state index in [1.807, 2.05) is 37.3 Å². The first-order valence-electron chi connectivity index (χ1n) is 8.32. The van der Waals surface area contributed by atoms with Crippen molar-refractivity contribution in [1.29, 1.82) is 0 Å². The predicted molar refractivity (Wildman–Crippen MR) is 102 cm³/mol. The number of nitrogens with zero attached hydrogens (tertiary/aromatic N) is 2. The largest absolute Gasteiger partial charge is 0.494 e. The molecule has 0 aliphatic carbocycles. The van der Waals surface area contributed by atoms with Gasteiger partial charge in [-0.25, -0.2) is 4.39 Å². The van der Waals surface area contributed by atoms with E-state index in [-0.39, 0.29) is 17.4 Å². The van der Waals surface area contributed by atoms with E-state index < -0.39 is 11.4 Å². The van der Waals surface area contributed by atoms with Gasteiger partial charge >= 0.3 is 5.56 Å². The van der Waals surface area contributed by atoms with Crippen LogP contribution in [0, 0.1) is 12.7 Å². The summed E-state index contributed by atoms with van der Waals surface area (Å²) < 4.78 is 25.9. The number of nitrogens with one attached hydrogen (secondary N) is 1. The highest BCUT2D eigenvalue weighted by molar-refractivity contribution is 5.60. The highest BCUT2D eigenvalue weighted by Gasteiger charge is 2.13. The van der Waals surface area contributed by atoms with Crippen molar-refractivity contribution in [3.05, 3.63) is 76.0 Å². The molecule has 1 heterocycles. The molecule has 7 heteroatoms. The Kier molecular flexibility index (Phi) is 5.40. The standard InChI is InChI=1S/C20H20FN3O3/c1-13-9-17(26-2)15(21)10-16(13)22-20-23-19(25)18(27-3)12-24(20)11-14-7-5-4-6-8-14/h4-10,12H,11H2,1-3H3,(H,22,23,25). The molecule has 0 aliphatic heterocycles. The van der Waals surface area contributed by atoms with Gasteiger partial charge in [-0.05, 0) is 24.1 Å². The molecule has 0 bridgehead atoms. The lowest BCUT2D eigenvalue weighted by atomic mass is 10.2. The number of methoxy groups -OCH3 is 2. The molecule has 2 aromatic carbocycles. The molecule has 0 radical (unpaired) electrons. The van der Waals surface area contributed by atoms with E-state index in [1.54, 1.807) is 16.8 Å². The fourth-order valence-corrected chi connectivity index (χ4v) is 2.68. The SMILES string of the molecule is COc1cc(C)c(Nc2nc(=O)c(OC)cn2Cc2ccccc2)cc1F. The lowest BCUT2D eigenvalue weighted by molar-refractivity contribution is 0.386. The second-order valence-corrected chi connectivity index (χ2v) is 5.98. The third kappa shape index (κ3) is 4.08. The first-order chi connectivity index (χ1) is 13.0. The lowest BCUT2D eigenvalue weighted by Gasteiger charge is -2.17. The molecular weight excluding hydrogens is 349 g/mol. The molecule has 6 nitrogen and oxygen atoms in total. The Morgan fingerprint density at radius 3 is 2.48 bits per heavy atom. The van der Waals surface area contributed by atoms with E-state index in [0.717, 1.165) is 11.1 Å². The molecule has 0 fully saturated rings. The Morgan fingerprint density at radius 1 is 1.11 bits per heavy atom. The third-order valence-corrected chi connectivity index (χ3v) is 4.12. The molecule has 0 amide bonds. The summed E-state index contributed by atoms with van der Waals surface area (Å²) in [4.78, 5) is 16.2. The monoisotopic (exact) mass is 369 g/mol. The molecule has 0 unspecified atom stereocenters. The number of ether oxygens (including phenoxy) is 2. The molecule has 1 aromatic heterocycles. The number of anilines is 2. The molecule has 0 saturated carbocycles. The normalized spacial score (nSPS) is 10.5. The van der Waals surface area contributed by atoms with Crippen molar-refractivity contribution < 1.29 is 13.9 Å². The highest BCUT2D eigenvalue weighted by atomic mass is 19.1. The topological polar surface area (TPSA) is 65.4 Å². The van der Waals surface area contributed by atoms with Crippen LogP contribution in [0.25, 0.3) is 0 Å². The zero-order valence-electron chi connectivity index (χ0n) is 15.3. The number of hydrogen-bond donors (Lipinski definition) is 1. The van der Waals surface area contributed by atoms with Crippen molar-refractivity contribution in [3.63, 3.8) is 0 Å². The van der Waals surface area contributed by atoms with Gasteiger partial charge in [-0.3, -0.25) is 4.79 Å². The van der Waals surface area contributed by atoms with E-state index in [9.17, 15) is 9.18 Å². The van der Waals surface area contributed by atoms with Gasteiger partial charge in [0, 0.05) is 11.8 Å². The van der Waals surface area contributed by atoms with Crippen LogP contribution < -0.4 is 20.3 Å². The van der Waals surface area contributed by atoms with Gasteiger partial charge in [0.15, 0.2) is 11.6 Å². The van der Waals surface area contributed by atoms with Crippen LogP contribution in [-0.2, 0) is 6.54 Å². The molecule has 27 heavy (non-hydrogen) atoms. The van der Waals surface area contributed by atoms with Crippen LogP contribution in [0.5, 0.6) is 11.5 Å². The number of benzene rings is 2. The van der Waals surface area contributed by atoms with Crippen LogP contribution in [0.1, 0.15) is 11.1 Å². The van der Waals surface area contributed by atoms with Gasteiger partial charge in [0.25, 0.3) is 0 Å². The Hall–Kier alpha value is -3.35. The number of halogens is 1. The average Bonchev–Trinajstić information content (AvgIpc) is 2.67. The molecule has 3 aromatic rings. The maximum absolute atomic E-state index is 14.1. The van der Waals surface area contributed by atoms with Crippen molar-refractivity contribution >= 4 is 11.6 Å². The van der Waals surface area contributed by atoms with Crippen LogP contribution in [0.15, 0.2) is 53.5 Å². The van der Waals surface area contributed by atoms with Gasteiger partial charge < -0.3 is 19.4 Å².